The molecule has 1 heterocycles. The lowest BCUT2D eigenvalue weighted by Crippen LogP contribution is -2.46. The van der Waals surface area contributed by atoms with Crippen LogP contribution in [0.2, 0.25) is 0 Å². The fourth-order valence-corrected chi connectivity index (χ4v) is 2.96. The van der Waals surface area contributed by atoms with E-state index in [0.29, 0.717) is 12.1 Å². The van der Waals surface area contributed by atoms with Crippen LogP contribution in [0.15, 0.2) is 24.3 Å². The van der Waals surface area contributed by atoms with E-state index in [9.17, 15) is 23.6 Å². The normalized spacial score (nSPS) is 19.2. The van der Waals surface area contributed by atoms with Crippen LogP contribution < -0.4 is 16.0 Å². The van der Waals surface area contributed by atoms with E-state index >= 15 is 0 Å². The van der Waals surface area contributed by atoms with Gasteiger partial charge < -0.3 is 16.0 Å². The van der Waals surface area contributed by atoms with Crippen molar-refractivity contribution in [2.45, 2.75) is 32.7 Å². The standard InChI is InChI=1S/C18H23FN4O4/c1-11(2)8-18(3)16(26)23(17(27)22-18)10-15(25)20-9-14(24)21-13-6-4-12(19)5-7-13/h4-7,11H,8-10H2,1-3H3,(H,20,25)(H,21,24)(H,22,27)/t18-/m0/s1. The van der Waals surface area contributed by atoms with Gasteiger partial charge in [-0.15, -0.1) is 0 Å². The first-order chi connectivity index (χ1) is 12.6. The number of hydrogen-bond acceptors (Lipinski definition) is 4. The second-order valence-corrected chi connectivity index (χ2v) is 7.08. The van der Waals surface area contributed by atoms with Gasteiger partial charge in [-0.25, -0.2) is 9.18 Å². The minimum Gasteiger partial charge on any atom is -0.345 e. The Kier molecular flexibility index (Phi) is 6.14. The third-order valence-corrected chi connectivity index (χ3v) is 4.04. The van der Waals surface area contributed by atoms with Gasteiger partial charge in [-0.05, 0) is 43.5 Å². The van der Waals surface area contributed by atoms with E-state index in [-0.39, 0.29) is 12.5 Å². The van der Waals surface area contributed by atoms with Crippen molar-refractivity contribution in [1.82, 2.24) is 15.5 Å². The number of anilines is 1. The fourth-order valence-electron chi connectivity index (χ4n) is 2.96. The molecule has 2 rings (SSSR count). The topological polar surface area (TPSA) is 108 Å². The number of carbonyl (C=O) groups excluding carboxylic acids is 4. The molecule has 3 N–H and O–H groups in total. The first-order valence-electron chi connectivity index (χ1n) is 8.57. The molecule has 27 heavy (non-hydrogen) atoms. The summed E-state index contributed by atoms with van der Waals surface area (Å²) in [6.45, 7) is 4.67. The number of benzene rings is 1. The fraction of sp³-hybridized carbons (Fsp3) is 0.444. The molecule has 0 spiro atoms. The molecular weight excluding hydrogens is 355 g/mol. The summed E-state index contributed by atoms with van der Waals surface area (Å²) in [5.74, 6) is -1.87. The lowest BCUT2D eigenvalue weighted by molar-refractivity contribution is -0.135. The molecular formula is C18H23FN4O4. The van der Waals surface area contributed by atoms with E-state index in [1.165, 1.54) is 24.3 Å². The van der Waals surface area contributed by atoms with Gasteiger partial charge in [-0.3, -0.25) is 19.3 Å². The molecule has 1 atom stereocenters. The van der Waals surface area contributed by atoms with E-state index in [1.807, 2.05) is 13.8 Å². The van der Waals surface area contributed by atoms with Crippen LogP contribution in [0.25, 0.3) is 0 Å². The molecule has 5 amide bonds. The minimum absolute atomic E-state index is 0.184. The van der Waals surface area contributed by atoms with Gasteiger partial charge in [0, 0.05) is 5.69 Å². The first-order valence-corrected chi connectivity index (χ1v) is 8.57. The van der Waals surface area contributed by atoms with Crippen molar-refractivity contribution in [3.8, 4) is 0 Å². The summed E-state index contributed by atoms with van der Waals surface area (Å²) >= 11 is 0. The maximum atomic E-state index is 12.8. The summed E-state index contributed by atoms with van der Waals surface area (Å²) in [4.78, 5) is 49.2. The predicted octanol–water partition coefficient (Wildman–Crippen LogP) is 1.24. The Balaban J connectivity index is 1.84. The third-order valence-electron chi connectivity index (χ3n) is 4.04. The monoisotopic (exact) mass is 378 g/mol. The highest BCUT2D eigenvalue weighted by atomic mass is 19.1. The van der Waals surface area contributed by atoms with Crippen LogP contribution in [0.3, 0.4) is 0 Å². The molecule has 1 aromatic rings. The van der Waals surface area contributed by atoms with Crippen LogP contribution in [0, 0.1) is 11.7 Å². The van der Waals surface area contributed by atoms with E-state index in [2.05, 4.69) is 16.0 Å². The summed E-state index contributed by atoms with van der Waals surface area (Å²) < 4.78 is 12.8. The van der Waals surface area contributed by atoms with Gasteiger partial charge in [-0.2, -0.15) is 0 Å². The molecule has 0 radical (unpaired) electrons. The van der Waals surface area contributed by atoms with Gasteiger partial charge in [0.1, 0.15) is 17.9 Å². The quantitative estimate of drug-likeness (QED) is 0.621. The molecule has 9 heteroatoms. The molecule has 0 unspecified atom stereocenters. The number of imide groups is 1. The van der Waals surface area contributed by atoms with Crippen LogP contribution in [0.1, 0.15) is 27.2 Å². The highest BCUT2D eigenvalue weighted by molar-refractivity contribution is 6.09. The Bertz CT molecular complexity index is 750. The van der Waals surface area contributed by atoms with Gasteiger partial charge in [0.05, 0.1) is 6.54 Å². The average molecular weight is 378 g/mol. The molecule has 146 valence electrons. The third kappa shape index (κ3) is 5.25. The van der Waals surface area contributed by atoms with Gasteiger partial charge in [0.2, 0.25) is 11.8 Å². The maximum absolute atomic E-state index is 12.8. The Morgan fingerprint density at radius 3 is 2.41 bits per heavy atom. The molecule has 1 fully saturated rings. The highest BCUT2D eigenvalue weighted by Gasteiger charge is 2.48. The van der Waals surface area contributed by atoms with E-state index < -0.39 is 41.7 Å². The van der Waals surface area contributed by atoms with Crippen molar-refractivity contribution >= 4 is 29.4 Å². The first kappa shape index (κ1) is 20.3. The molecule has 0 saturated carbocycles. The Morgan fingerprint density at radius 1 is 1.19 bits per heavy atom. The summed E-state index contributed by atoms with van der Waals surface area (Å²) in [5.41, 5.74) is -0.653. The number of carbonyl (C=O) groups is 4. The summed E-state index contributed by atoms with van der Waals surface area (Å²) in [7, 11) is 0. The highest BCUT2D eigenvalue weighted by Crippen LogP contribution is 2.24. The summed E-state index contributed by atoms with van der Waals surface area (Å²) in [6.07, 6.45) is 0.454. The molecule has 1 saturated heterocycles. The van der Waals surface area contributed by atoms with Gasteiger partial charge in [0.15, 0.2) is 0 Å². The van der Waals surface area contributed by atoms with Crippen LogP contribution in [0.5, 0.6) is 0 Å². The van der Waals surface area contributed by atoms with Crippen molar-refractivity contribution < 1.29 is 23.6 Å². The Labute approximate surface area is 156 Å². The van der Waals surface area contributed by atoms with Crippen molar-refractivity contribution in [2.75, 3.05) is 18.4 Å². The second-order valence-electron chi connectivity index (χ2n) is 7.08. The zero-order chi connectivity index (χ0) is 20.2. The summed E-state index contributed by atoms with van der Waals surface area (Å²) in [6, 6.07) is 4.53. The number of nitrogens with zero attached hydrogens (tertiary/aromatic N) is 1. The SMILES string of the molecule is CC(C)C[C@]1(C)NC(=O)N(CC(=O)NCC(=O)Nc2ccc(F)cc2)C1=O. The lowest BCUT2D eigenvalue weighted by atomic mass is 9.91. The van der Waals surface area contributed by atoms with Crippen LogP contribution in [-0.2, 0) is 14.4 Å². The largest absolute Gasteiger partial charge is 0.345 e. The number of halogens is 1. The molecule has 0 aliphatic carbocycles. The molecule has 1 aliphatic rings. The predicted molar refractivity (Wildman–Crippen MR) is 96.1 cm³/mol. The lowest BCUT2D eigenvalue weighted by Gasteiger charge is -2.23. The van der Waals surface area contributed by atoms with Crippen molar-refractivity contribution in [3.63, 3.8) is 0 Å². The van der Waals surface area contributed by atoms with Gasteiger partial charge in [0.25, 0.3) is 5.91 Å². The summed E-state index contributed by atoms with van der Waals surface area (Å²) in [5, 5.41) is 7.46. The number of amides is 5. The van der Waals surface area contributed by atoms with Crippen LogP contribution in [-0.4, -0.2) is 47.3 Å². The number of nitrogens with one attached hydrogen (secondary N) is 3. The van der Waals surface area contributed by atoms with Crippen molar-refractivity contribution in [3.05, 3.63) is 30.1 Å². The number of rotatable bonds is 7. The Morgan fingerprint density at radius 2 is 1.81 bits per heavy atom. The number of urea groups is 1. The Hall–Kier alpha value is -2.97. The minimum atomic E-state index is -1.04. The van der Waals surface area contributed by atoms with Gasteiger partial charge >= 0.3 is 6.03 Å². The van der Waals surface area contributed by atoms with Crippen molar-refractivity contribution in [1.29, 1.82) is 0 Å². The van der Waals surface area contributed by atoms with Gasteiger partial charge in [-0.1, -0.05) is 13.8 Å². The van der Waals surface area contributed by atoms with Crippen molar-refractivity contribution in [2.24, 2.45) is 5.92 Å². The molecule has 1 aromatic carbocycles. The van der Waals surface area contributed by atoms with E-state index in [1.54, 1.807) is 6.92 Å². The zero-order valence-corrected chi connectivity index (χ0v) is 15.5. The average Bonchev–Trinajstić information content (AvgIpc) is 2.77. The second kappa shape index (κ2) is 8.15. The molecule has 8 nitrogen and oxygen atoms in total. The van der Waals surface area contributed by atoms with Crippen LogP contribution >= 0.6 is 0 Å². The molecule has 1 aliphatic heterocycles. The van der Waals surface area contributed by atoms with E-state index in [0.717, 1.165) is 4.90 Å². The molecule has 0 aromatic heterocycles. The number of hydrogen-bond donors (Lipinski definition) is 3. The molecule has 0 bridgehead atoms. The zero-order valence-electron chi connectivity index (χ0n) is 15.5. The van der Waals surface area contributed by atoms with Crippen LogP contribution in [0.4, 0.5) is 14.9 Å². The maximum Gasteiger partial charge on any atom is 0.325 e. The smallest absolute Gasteiger partial charge is 0.325 e. The van der Waals surface area contributed by atoms with E-state index in [4.69, 9.17) is 0 Å².